The van der Waals surface area contributed by atoms with Crippen LogP contribution in [0.15, 0.2) is 53.7 Å². The van der Waals surface area contributed by atoms with Crippen LogP contribution in [0.4, 0.5) is 0 Å². The normalized spacial score (nSPS) is 16.0. The smallest absolute Gasteiger partial charge is 0.160 e. The van der Waals surface area contributed by atoms with Gasteiger partial charge in [-0.1, -0.05) is 25.1 Å². The lowest BCUT2D eigenvalue weighted by atomic mass is 9.93. The third kappa shape index (κ3) is 4.28. The van der Waals surface area contributed by atoms with Gasteiger partial charge < -0.3 is 4.74 Å². The van der Waals surface area contributed by atoms with E-state index in [1.54, 1.807) is 6.92 Å². The van der Waals surface area contributed by atoms with Gasteiger partial charge in [-0.3, -0.25) is 4.79 Å². The number of thiol groups is 1. The minimum absolute atomic E-state index is 0.0220. The van der Waals surface area contributed by atoms with Crippen LogP contribution in [0.25, 0.3) is 5.82 Å². The lowest BCUT2D eigenvalue weighted by Crippen LogP contribution is -2.14. The molecule has 1 aliphatic rings. The van der Waals surface area contributed by atoms with Gasteiger partial charge in [-0.2, -0.15) is 5.10 Å². The third-order valence-electron chi connectivity index (χ3n) is 5.65. The molecular weight excluding hydrogens is 382 g/mol. The molecule has 1 unspecified atom stereocenters. The van der Waals surface area contributed by atoms with E-state index in [0.29, 0.717) is 16.4 Å². The molecule has 6 heteroatoms. The zero-order valence-corrected chi connectivity index (χ0v) is 17.6. The largest absolute Gasteiger partial charge is 0.381 e. The molecular formula is C23H25N3O2S. The van der Waals surface area contributed by atoms with Gasteiger partial charge in [0.2, 0.25) is 0 Å². The molecule has 0 amide bonds. The Hall–Kier alpha value is -2.44. The standard InChI is InChI=1S/C23H25N3O2S/c1-15(18-3-5-20(16(2)27)22(29)13-18)21-7-10-26(25-21)23-6-4-19(14-24-23)17-8-11-28-12-9-17/h3-7,10,13-15,17,29H,8-9,11-12H2,1-2H3. The highest BCUT2D eigenvalue weighted by Gasteiger charge is 2.17. The molecule has 0 aliphatic carbocycles. The second-order valence-electron chi connectivity index (χ2n) is 7.58. The van der Waals surface area contributed by atoms with Crippen molar-refractivity contribution >= 4 is 18.4 Å². The zero-order chi connectivity index (χ0) is 20.4. The van der Waals surface area contributed by atoms with E-state index in [9.17, 15) is 4.79 Å². The number of Topliss-reactive ketones (excluding diaryl/α,β-unsaturated/α-hetero) is 1. The molecule has 0 spiro atoms. The van der Waals surface area contributed by atoms with Crippen LogP contribution in [0.2, 0.25) is 0 Å². The summed E-state index contributed by atoms with van der Waals surface area (Å²) >= 11 is 4.47. The minimum atomic E-state index is 0.0220. The molecule has 0 N–H and O–H groups in total. The van der Waals surface area contributed by atoms with Crippen molar-refractivity contribution in [2.75, 3.05) is 13.2 Å². The van der Waals surface area contributed by atoms with Crippen molar-refractivity contribution in [3.8, 4) is 5.82 Å². The van der Waals surface area contributed by atoms with Gasteiger partial charge in [0.1, 0.15) is 0 Å². The van der Waals surface area contributed by atoms with Crippen LogP contribution >= 0.6 is 12.6 Å². The minimum Gasteiger partial charge on any atom is -0.381 e. The molecule has 150 valence electrons. The van der Waals surface area contributed by atoms with Gasteiger partial charge in [0.05, 0.1) is 5.69 Å². The van der Waals surface area contributed by atoms with E-state index in [1.165, 1.54) is 5.56 Å². The van der Waals surface area contributed by atoms with Crippen molar-refractivity contribution in [1.29, 1.82) is 0 Å². The Morgan fingerprint density at radius 3 is 2.66 bits per heavy atom. The van der Waals surface area contributed by atoms with Gasteiger partial charge in [0, 0.05) is 42.0 Å². The molecule has 0 radical (unpaired) electrons. The molecule has 1 fully saturated rings. The van der Waals surface area contributed by atoms with E-state index in [4.69, 9.17) is 9.84 Å². The van der Waals surface area contributed by atoms with Gasteiger partial charge in [0.25, 0.3) is 0 Å². The summed E-state index contributed by atoms with van der Waals surface area (Å²) in [6.07, 6.45) is 6.01. The molecule has 1 atom stereocenters. The summed E-state index contributed by atoms with van der Waals surface area (Å²) in [6, 6.07) is 11.9. The first kappa shape index (κ1) is 19.9. The van der Waals surface area contributed by atoms with Gasteiger partial charge >= 0.3 is 0 Å². The summed E-state index contributed by atoms with van der Waals surface area (Å²) in [7, 11) is 0. The molecule has 2 aromatic heterocycles. The molecule has 4 rings (SSSR count). The second-order valence-corrected chi connectivity index (χ2v) is 8.06. The average Bonchev–Trinajstić information content (AvgIpc) is 3.24. The van der Waals surface area contributed by atoms with Crippen molar-refractivity contribution in [2.24, 2.45) is 0 Å². The van der Waals surface area contributed by atoms with Crippen molar-refractivity contribution in [3.05, 3.63) is 71.2 Å². The molecule has 1 saturated heterocycles. The van der Waals surface area contributed by atoms with Crippen LogP contribution in [0.1, 0.15) is 65.7 Å². The Kier molecular flexibility index (Phi) is 5.83. The Bertz CT molecular complexity index is 1010. The molecule has 1 aliphatic heterocycles. The summed E-state index contributed by atoms with van der Waals surface area (Å²) in [5.41, 5.74) is 3.94. The van der Waals surface area contributed by atoms with Gasteiger partial charge in [-0.05, 0) is 55.0 Å². The lowest BCUT2D eigenvalue weighted by Gasteiger charge is -2.22. The fraction of sp³-hybridized carbons (Fsp3) is 0.348. The number of ether oxygens (including phenoxy) is 1. The van der Waals surface area contributed by atoms with Gasteiger partial charge in [-0.15, -0.1) is 12.6 Å². The van der Waals surface area contributed by atoms with E-state index < -0.39 is 0 Å². The van der Waals surface area contributed by atoms with Crippen LogP contribution in [0.5, 0.6) is 0 Å². The maximum Gasteiger partial charge on any atom is 0.160 e. The summed E-state index contributed by atoms with van der Waals surface area (Å²) < 4.78 is 7.26. The Labute approximate surface area is 176 Å². The number of hydrogen-bond donors (Lipinski definition) is 1. The number of nitrogens with zero attached hydrogens (tertiary/aromatic N) is 3. The SMILES string of the molecule is CC(=O)c1ccc(C(C)c2ccn(-c3ccc(C4CCOCC4)cn3)n2)cc1S. The number of pyridine rings is 1. The predicted molar refractivity (Wildman–Crippen MR) is 115 cm³/mol. The highest BCUT2D eigenvalue weighted by atomic mass is 32.1. The monoisotopic (exact) mass is 407 g/mol. The molecule has 0 saturated carbocycles. The molecule has 29 heavy (non-hydrogen) atoms. The van der Waals surface area contributed by atoms with E-state index in [1.807, 2.05) is 47.4 Å². The van der Waals surface area contributed by atoms with Crippen molar-refractivity contribution in [3.63, 3.8) is 0 Å². The van der Waals surface area contributed by atoms with Crippen LogP contribution in [-0.2, 0) is 4.74 Å². The molecule has 3 aromatic rings. The second kappa shape index (κ2) is 8.51. The fourth-order valence-electron chi connectivity index (χ4n) is 3.79. The quantitative estimate of drug-likeness (QED) is 0.487. The van der Waals surface area contributed by atoms with Crippen LogP contribution in [-0.4, -0.2) is 33.8 Å². The van der Waals surface area contributed by atoms with E-state index in [0.717, 1.165) is 43.1 Å². The maximum absolute atomic E-state index is 11.6. The number of aromatic nitrogens is 3. The number of benzene rings is 1. The summed E-state index contributed by atoms with van der Waals surface area (Å²) in [4.78, 5) is 16.9. The summed E-state index contributed by atoms with van der Waals surface area (Å²) in [5, 5.41) is 4.73. The Morgan fingerprint density at radius 2 is 2.00 bits per heavy atom. The first-order valence-corrected chi connectivity index (χ1v) is 10.4. The first-order valence-electron chi connectivity index (χ1n) is 9.96. The lowest BCUT2D eigenvalue weighted by molar-refractivity contribution is 0.0852. The topological polar surface area (TPSA) is 57.0 Å². The molecule has 0 bridgehead atoms. The zero-order valence-electron chi connectivity index (χ0n) is 16.7. The van der Waals surface area contributed by atoms with Crippen LogP contribution in [0.3, 0.4) is 0 Å². The Balaban J connectivity index is 1.52. The number of rotatable bonds is 5. The number of carbonyl (C=O) groups excluding carboxylic acids is 1. The van der Waals surface area contributed by atoms with Gasteiger partial charge in [0.15, 0.2) is 11.6 Å². The number of carbonyl (C=O) groups is 1. The van der Waals surface area contributed by atoms with Crippen LogP contribution in [0, 0.1) is 0 Å². The van der Waals surface area contributed by atoms with Crippen molar-refractivity contribution in [1.82, 2.24) is 14.8 Å². The molecule has 3 heterocycles. The van der Waals surface area contributed by atoms with Crippen molar-refractivity contribution < 1.29 is 9.53 Å². The Morgan fingerprint density at radius 1 is 1.21 bits per heavy atom. The highest BCUT2D eigenvalue weighted by molar-refractivity contribution is 7.80. The van der Waals surface area contributed by atoms with E-state index in [-0.39, 0.29) is 11.7 Å². The number of ketones is 1. The van der Waals surface area contributed by atoms with E-state index in [2.05, 4.69) is 30.6 Å². The first-order chi connectivity index (χ1) is 14.0. The van der Waals surface area contributed by atoms with Crippen molar-refractivity contribution in [2.45, 2.75) is 43.4 Å². The average molecular weight is 408 g/mol. The van der Waals surface area contributed by atoms with E-state index >= 15 is 0 Å². The fourth-order valence-corrected chi connectivity index (χ4v) is 4.17. The highest BCUT2D eigenvalue weighted by Crippen LogP contribution is 2.28. The van der Waals surface area contributed by atoms with Gasteiger partial charge in [-0.25, -0.2) is 9.67 Å². The maximum atomic E-state index is 11.6. The third-order valence-corrected chi connectivity index (χ3v) is 6.02. The summed E-state index contributed by atoms with van der Waals surface area (Å²) in [5.74, 6) is 1.45. The predicted octanol–water partition coefficient (Wildman–Crippen LogP) is 4.80. The summed E-state index contributed by atoms with van der Waals surface area (Å²) in [6.45, 7) is 5.31. The molecule has 5 nitrogen and oxygen atoms in total. The van der Waals surface area contributed by atoms with Crippen LogP contribution < -0.4 is 0 Å². The molecule has 1 aromatic carbocycles. The number of hydrogen-bond acceptors (Lipinski definition) is 5.